The van der Waals surface area contributed by atoms with Crippen molar-refractivity contribution in [1.82, 2.24) is 0 Å². The second-order valence-corrected chi connectivity index (χ2v) is 9.16. The number of halogens is 1. The largest absolute Gasteiger partial charge is 0.497 e. The minimum Gasteiger partial charge on any atom is -0.497 e. The molecule has 0 radical (unpaired) electrons. The summed E-state index contributed by atoms with van der Waals surface area (Å²) in [7, 11) is -1.22. The van der Waals surface area contributed by atoms with Gasteiger partial charge in [0.15, 0.2) is 11.5 Å². The lowest BCUT2D eigenvalue weighted by Crippen LogP contribution is -2.35. The highest BCUT2D eigenvalue weighted by Crippen LogP contribution is 2.30. The Balaban J connectivity index is 2.00. The van der Waals surface area contributed by atoms with E-state index in [4.69, 9.17) is 25.8 Å². The molecule has 0 N–H and O–H groups in total. The van der Waals surface area contributed by atoms with Crippen LogP contribution in [0.3, 0.4) is 0 Å². The van der Waals surface area contributed by atoms with Gasteiger partial charge in [0.05, 0.1) is 31.4 Å². The number of methoxy groups -OCH3 is 2. The van der Waals surface area contributed by atoms with Crippen LogP contribution < -0.4 is 18.5 Å². The number of anilines is 1. The molecule has 0 aromatic heterocycles. The van der Waals surface area contributed by atoms with Crippen molar-refractivity contribution in [2.45, 2.75) is 11.8 Å². The van der Waals surface area contributed by atoms with Crippen LogP contribution in [0.15, 0.2) is 77.7 Å². The third kappa shape index (κ3) is 5.70. The predicted molar refractivity (Wildman–Crippen MR) is 132 cm³/mol. The Morgan fingerprint density at radius 1 is 0.941 bits per heavy atom. The fraction of sp³-hybridized carbons (Fsp3) is 0.160. The molecule has 0 spiro atoms. The number of sulfonamides is 1. The zero-order chi connectivity index (χ0) is 24.7. The number of carbonyl (C=O) groups excluding carboxylic acids is 1. The van der Waals surface area contributed by atoms with Gasteiger partial charge in [-0.05, 0) is 79.2 Å². The maximum atomic E-state index is 13.4. The molecule has 3 aromatic carbocycles. The van der Waals surface area contributed by atoms with Crippen LogP contribution in [0.1, 0.15) is 12.5 Å². The van der Waals surface area contributed by atoms with Crippen molar-refractivity contribution in [2.24, 2.45) is 0 Å². The van der Waals surface area contributed by atoms with Crippen LogP contribution in [0.4, 0.5) is 5.69 Å². The summed E-state index contributed by atoms with van der Waals surface area (Å²) < 4.78 is 43.6. The van der Waals surface area contributed by atoms with Crippen LogP contribution >= 0.6 is 11.6 Å². The number of benzene rings is 3. The summed E-state index contributed by atoms with van der Waals surface area (Å²) in [5.74, 6) is 0.834. The van der Waals surface area contributed by atoms with Crippen LogP contribution in [0, 0.1) is 0 Å². The average Bonchev–Trinajstić information content (AvgIpc) is 2.84. The highest BCUT2D eigenvalue weighted by atomic mass is 35.5. The molecule has 0 fully saturated rings. The Morgan fingerprint density at radius 3 is 2.21 bits per heavy atom. The molecule has 3 aromatic rings. The Bertz CT molecular complexity index is 1270. The van der Waals surface area contributed by atoms with Crippen molar-refractivity contribution in [1.29, 1.82) is 0 Å². The summed E-state index contributed by atoms with van der Waals surface area (Å²) in [6.45, 7) is 2.34. The lowest BCUT2D eigenvalue weighted by Gasteiger charge is -2.21. The van der Waals surface area contributed by atoms with E-state index in [2.05, 4.69) is 0 Å². The van der Waals surface area contributed by atoms with E-state index in [9.17, 15) is 13.2 Å². The minimum atomic E-state index is -4.23. The topological polar surface area (TPSA) is 82.1 Å². The van der Waals surface area contributed by atoms with Gasteiger partial charge in [0.1, 0.15) is 5.75 Å². The molecule has 0 unspecified atom stereocenters. The SMILES string of the molecule is CCOc1ccc(/C=C/C(=O)N(c2ccc(OC)cc2)S(=O)(=O)c2ccc(Cl)cc2)cc1OC. The van der Waals surface area contributed by atoms with Crippen molar-refractivity contribution in [3.8, 4) is 17.2 Å². The average molecular weight is 502 g/mol. The standard InChI is InChI=1S/C25H24ClNO6S/c1-4-33-23-15-5-18(17-24(23)32-3)6-16-25(28)27(20-9-11-21(31-2)12-10-20)34(29,30)22-13-7-19(26)8-14-22/h5-17H,4H2,1-3H3/b16-6+. The summed E-state index contributed by atoms with van der Waals surface area (Å²) in [6, 6.07) is 16.9. The van der Waals surface area contributed by atoms with E-state index >= 15 is 0 Å². The Morgan fingerprint density at radius 2 is 1.62 bits per heavy atom. The van der Waals surface area contributed by atoms with Gasteiger partial charge in [-0.1, -0.05) is 17.7 Å². The Hall–Kier alpha value is -3.49. The zero-order valence-electron chi connectivity index (χ0n) is 18.9. The third-order valence-electron chi connectivity index (χ3n) is 4.76. The first-order valence-corrected chi connectivity index (χ1v) is 12.1. The van der Waals surface area contributed by atoms with Crippen LogP contribution in [-0.2, 0) is 14.8 Å². The third-order valence-corrected chi connectivity index (χ3v) is 6.76. The molecule has 0 saturated heterocycles. The summed E-state index contributed by atoms with van der Waals surface area (Å²) in [5.41, 5.74) is 0.793. The van der Waals surface area contributed by atoms with Crippen molar-refractivity contribution < 1.29 is 27.4 Å². The molecule has 7 nitrogen and oxygen atoms in total. The number of rotatable bonds is 9. The van der Waals surface area contributed by atoms with Gasteiger partial charge in [0, 0.05) is 11.1 Å². The molecule has 0 bridgehead atoms. The van der Waals surface area contributed by atoms with E-state index < -0.39 is 15.9 Å². The maximum Gasteiger partial charge on any atom is 0.271 e. The second kappa shape index (κ2) is 11.1. The van der Waals surface area contributed by atoms with E-state index in [0.29, 0.717) is 34.4 Å². The predicted octanol–water partition coefficient (Wildman–Crippen LogP) is 5.19. The Kier molecular flexibility index (Phi) is 8.20. The molecule has 0 aliphatic carbocycles. The molecular weight excluding hydrogens is 478 g/mol. The molecule has 1 amide bonds. The molecule has 0 atom stereocenters. The zero-order valence-corrected chi connectivity index (χ0v) is 20.5. The number of carbonyl (C=O) groups is 1. The van der Waals surface area contributed by atoms with Gasteiger partial charge in [-0.15, -0.1) is 0 Å². The normalized spacial score (nSPS) is 11.3. The maximum absolute atomic E-state index is 13.4. The van der Waals surface area contributed by atoms with E-state index in [1.165, 1.54) is 62.8 Å². The molecule has 0 aliphatic heterocycles. The van der Waals surface area contributed by atoms with Crippen LogP contribution in [-0.4, -0.2) is 35.2 Å². The van der Waals surface area contributed by atoms with Crippen LogP contribution in [0.25, 0.3) is 6.08 Å². The summed E-state index contributed by atoms with van der Waals surface area (Å²) in [6.07, 6.45) is 2.70. The van der Waals surface area contributed by atoms with E-state index in [-0.39, 0.29) is 10.6 Å². The molecule has 0 saturated carbocycles. The summed E-state index contributed by atoms with van der Waals surface area (Å²) >= 11 is 5.91. The van der Waals surface area contributed by atoms with Crippen molar-refractivity contribution >= 4 is 39.3 Å². The molecular formula is C25H24ClNO6S. The second-order valence-electron chi connectivity index (χ2n) is 6.94. The van der Waals surface area contributed by atoms with Crippen molar-refractivity contribution in [2.75, 3.05) is 25.1 Å². The highest BCUT2D eigenvalue weighted by Gasteiger charge is 2.29. The molecule has 9 heteroatoms. The van der Waals surface area contributed by atoms with Crippen molar-refractivity contribution in [3.05, 3.63) is 83.4 Å². The van der Waals surface area contributed by atoms with Gasteiger partial charge in [-0.3, -0.25) is 4.79 Å². The van der Waals surface area contributed by atoms with Gasteiger partial charge in [0.2, 0.25) is 0 Å². The molecule has 0 heterocycles. The number of amides is 1. The quantitative estimate of drug-likeness (QED) is 0.375. The first-order valence-electron chi connectivity index (χ1n) is 10.3. The molecule has 3 rings (SSSR count). The minimum absolute atomic E-state index is 0.0720. The van der Waals surface area contributed by atoms with Gasteiger partial charge in [-0.25, -0.2) is 8.42 Å². The van der Waals surface area contributed by atoms with Gasteiger partial charge >= 0.3 is 0 Å². The van der Waals surface area contributed by atoms with E-state index in [1.54, 1.807) is 30.3 Å². The van der Waals surface area contributed by atoms with Gasteiger partial charge < -0.3 is 14.2 Å². The summed E-state index contributed by atoms with van der Waals surface area (Å²) in [5, 5.41) is 0.380. The van der Waals surface area contributed by atoms with E-state index in [0.717, 1.165) is 4.31 Å². The van der Waals surface area contributed by atoms with Crippen LogP contribution in [0.2, 0.25) is 5.02 Å². The Labute approximate surface area is 204 Å². The smallest absolute Gasteiger partial charge is 0.271 e. The fourth-order valence-corrected chi connectivity index (χ4v) is 4.63. The lowest BCUT2D eigenvalue weighted by molar-refractivity contribution is -0.113. The fourth-order valence-electron chi connectivity index (χ4n) is 3.11. The molecule has 178 valence electrons. The number of hydrogen-bond donors (Lipinski definition) is 0. The molecule has 34 heavy (non-hydrogen) atoms. The van der Waals surface area contributed by atoms with E-state index in [1.807, 2.05) is 6.92 Å². The number of hydrogen-bond acceptors (Lipinski definition) is 6. The first kappa shape index (κ1) is 25.1. The first-order chi connectivity index (χ1) is 16.3. The van der Waals surface area contributed by atoms with Crippen molar-refractivity contribution in [3.63, 3.8) is 0 Å². The highest BCUT2D eigenvalue weighted by molar-refractivity contribution is 7.93. The number of ether oxygens (including phenoxy) is 3. The van der Waals surface area contributed by atoms with Crippen LogP contribution in [0.5, 0.6) is 17.2 Å². The van der Waals surface area contributed by atoms with Gasteiger partial charge in [0.25, 0.3) is 15.9 Å². The number of nitrogens with zero attached hydrogens (tertiary/aromatic N) is 1. The van der Waals surface area contributed by atoms with Gasteiger partial charge in [-0.2, -0.15) is 4.31 Å². The lowest BCUT2D eigenvalue weighted by atomic mass is 10.2. The molecule has 0 aliphatic rings. The summed E-state index contributed by atoms with van der Waals surface area (Å²) in [4.78, 5) is 13.2. The monoisotopic (exact) mass is 501 g/mol.